The molecule has 1 atom stereocenters. The minimum Gasteiger partial charge on any atom is -0.458 e. The van der Waals surface area contributed by atoms with Crippen molar-refractivity contribution in [1.29, 1.82) is 0 Å². The number of likely N-dealkylation sites (N-methyl/N-ethyl adjacent to an activating group) is 1. The number of rotatable bonds is 5. The van der Waals surface area contributed by atoms with E-state index in [0.717, 1.165) is 32.5 Å². The first kappa shape index (κ1) is 17.6. The maximum absolute atomic E-state index is 13.0. The quantitative estimate of drug-likeness (QED) is 0.851. The van der Waals surface area contributed by atoms with E-state index in [1.165, 1.54) is 0 Å². The van der Waals surface area contributed by atoms with Gasteiger partial charge in [-0.2, -0.15) is 0 Å². The Kier molecular flexibility index (Phi) is 5.51. The number of piperidine rings is 1. The van der Waals surface area contributed by atoms with Gasteiger partial charge in [0.1, 0.15) is 6.10 Å². The largest absolute Gasteiger partial charge is 0.458 e. The SMILES string of the molecule is CCN1CCC[C@H](OC(=O)C(O)(c2ccccc2)c2ccccc2)C1. The highest BCUT2D eigenvalue weighted by atomic mass is 16.6. The number of likely N-dealkylation sites (tertiary alicyclic amines) is 1. The number of nitrogens with zero attached hydrogens (tertiary/aromatic N) is 1. The Balaban J connectivity index is 1.88. The predicted octanol–water partition coefficient (Wildman–Crippen LogP) is 2.95. The molecule has 0 amide bonds. The topological polar surface area (TPSA) is 49.8 Å². The van der Waals surface area contributed by atoms with Crippen molar-refractivity contribution in [2.24, 2.45) is 0 Å². The maximum Gasteiger partial charge on any atom is 0.348 e. The Morgan fingerprint density at radius 3 is 2.20 bits per heavy atom. The fourth-order valence-corrected chi connectivity index (χ4v) is 3.39. The first-order chi connectivity index (χ1) is 12.1. The number of benzene rings is 2. The second-order valence-corrected chi connectivity index (χ2v) is 6.51. The predicted molar refractivity (Wildman–Crippen MR) is 97.1 cm³/mol. The first-order valence-corrected chi connectivity index (χ1v) is 8.91. The van der Waals surface area contributed by atoms with Crippen LogP contribution in [0.2, 0.25) is 0 Å². The third-order valence-corrected chi connectivity index (χ3v) is 4.86. The minimum absolute atomic E-state index is 0.180. The highest BCUT2D eigenvalue weighted by Gasteiger charge is 2.43. The molecular weight excluding hydrogens is 314 g/mol. The summed E-state index contributed by atoms with van der Waals surface area (Å²) in [4.78, 5) is 15.3. The molecule has 0 bridgehead atoms. The van der Waals surface area contributed by atoms with E-state index in [0.29, 0.717) is 11.1 Å². The number of carbonyl (C=O) groups excluding carboxylic acids is 1. The molecule has 4 heteroatoms. The van der Waals surface area contributed by atoms with Gasteiger partial charge in [0.05, 0.1) is 0 Å². The summed E-state index contributed by atoms with van der Waals surface area (Å²) >= 11 is 0. The van der Waals surface area contributed by atoms with Crippen molar-refractivity contribution < 1.29 is 14.6 Å². The molecule has 1 saturated heterocycles. The molecule has 132 valence electrons. The Morgan fingerprint density at radius 2 is 1.68 bits per heavy atom. The van der Waals surface area contributed by atoms with Crippen molar-refractivity contribution in [1.82, 2.24) is 4.90 Å². The van der Waals surface area contributed by atoms with Crippen molar-refractivity contribution in [3.05, 3.63) is 71.8 Å². The zero-order valence-corrected chi connectivity index (χ0v) is 14.6. The summed E-state index contributed by atoms with van der Waals surface area (Å²) in [6.07, 6.45) is 1.66. The van der Waals surface area contributed by atoms with Crippen LogP contribution in [-0.4, -0.2) is 41.7 Å². The molecule has 1 aliphatic rings. The average molecular weight is 339 g/mol. The van der Waals surface area contributed by atoms with E-state index in [4.69, 9.17) is 4.74 Å². The Hall–Kier alpha value is -2.17. The molecule has 0 radical (unpaired) electrons. The van der Waals surface area contributed by atoms with Crippen LogP contribution in [0.1, 0.15) is 30.9 Å². The summed E-state index contributed by atoms with van der Waals surface area (Å²) < 4.78 is 5.77. The smallest absolute Gasteiger partial charge is 0.348 e. The minimum atomic E-state index is -1.79. The molecule has 0 saturated carbocycles. The molecule has 3 rings (SSSR count). The summed E-state index contributed by atoms with van der Waals surface area (Å²) in [6, 6.07) is 18.0. The van der Waals surface area contributed by atoms with Crippen LogP contribution in [0.15, 0.2) is 60.7 Å². The van der Waals surface area contributed by atoms with E-state index in [-0.39, 0.29) is 6.10 Å². The fraction of sp³-hybridized carbons (Fsp3) is 0.381. The van der Waals surface area contributed by atoms with E-state index in [1.807, 2.05) is 36.4 Å². The lowest BCUT2D eigenvalue weighted by molar-refractivity contribution is -0.170. The van der Waals surface area contributed by atoms with Crippen LogP contribution >= 0.6 is 0 Å². The highest BCUT2D eigenvalue weighted by Crippen LogP contribution is 2.32. The van der Waals surface area contributed by atoms with Crippen molar-refractivity contribution in [2.75, 3.05) is 19.6 Å². The molecule has 1 N–H and O–H groups in total. The van der Waals surface area contributed by atoms with Crippen LogP contribution in [-0.2, 0) is 15.1 Å². The van der Waals surface area contributed by atoms with Crippen LogP contribution in [0.25, 0.3) is 0 Å². The lowest BCUT2D eigenvalue weighted by Crippen LogP contribution is -2.45. The second-order valence-electron chi connectivity index (χ2n) is 6.51. The van der Waals surface area contributed by atoms with Gasteiger partial charge in [-0.25, -0.2) is 4.79 Å². The molecule has 0 aromatic heterocycles. The molecular formula is C21H25NO3. The fourth-order valence-electron chi connectivity index (χ4n) is 3.39. The van der Waals surface area contributed by atoms with Crippen LogP contribution in [0, 0.1) is 0 Å². The van der Waals surface area contributed by atoms with Crippen molar-refractivity contribution in [2.45, 2.75) is 31.5 Å². The molecule has 1 aliphatic heterocycles. The van der Waals surface area contributed by atoms with E-state index in [9.17, 15) is 9.90 Å². The molecule has 0 spiro atoms. The van der Waals surface area contributed by atoms with Gasteiger partial charge in [-0.3, -0.25) is 4.90 Å². The lowest BCUT2D eigenvalue weighted by atomic mass is 9.86. The average Bonchev–Trinajstić information content (AvgIpc) is 2.68. The van der Waals surface area contributed by atoms with Gasteiger partial charge in [-0.1, -0.05) is 67.6 Å². The number of aliphatic hydroxyl groups is 1. The zero-order chi connectivity index (χ0) is 17.7. The lowest BCUT2D eigenvalue weighted by Gasteiger charge is -2.34. The molecule has 0 aliphatic carbocycles. The molecule has 4 nitrogen and oxygen atoms in total. The van der Waals surface area contributed by atoms with Crippen molar-refractivity contribution in [3.8, 4) is 0 Å². The molecule has 25 heavy (non-hydrogen) atoms. The number of ether oxygens (including phenoxy) is 1. The van der Waals surface area contributed by atoms with Gasteiger partial charge in [-0.05, 0) is 37.1 Å². The molecule has 1 fully saturated rings. The first-order valence-electron chi connectivity index (χ1n) is 8.91. The molecule has 0 unspecified atom stereocenters. The van der Waals surface area contributed by atoms with Gasteiger partial charge >= 0.3 is 5.97 Å². The van der Waals surface area contributed by atoms with Crippen LogP contribution in [0.4, 0.5) is 0 Å². The van der Waals surface area contributed by atoms with E-state index in [2.05, 4.69) is 11.8 Å². The standard InChI is InChI=1S/C21H25NO3/c1-2-22-15-9-14-19(16-22)25-20(23)21(24,17-10-5-3-6-11-17)18-12-7-4-8-13-18/h3-8,10-13,19,24H,2,9,14-16H2,1H3/t19-/m0/s1. The van der Waals surface area contributed by atoms with Crippen molar-refractivity contribution in [3.63, 3.8) is 0 Å². The van der Waals surface area contributed by atoms with Gasteiger partial charge < -0.3 is 9.84 Å². The van der Waals surface area contributed by atoms with Crippen LogP contribution in [0.3, 0.4) is 0 Å². The summed E-state index contributed by atoms with van der Waals surface area (Å²) in [7, 11) is 0. The molecule has 2 aromatic carbocycles. The van der Waals surface area contributed by atoms with Gasteiger partial charge in [-0.15, -0.1) is 0 Å². The summed E-state index contributed by atoms with van der Waals surface area (Å²) in [5.41, 5.74) is -0.750. The third kappa shape index (κ3) is 3.75. The summed E-state index contributed by atoms with van der Waals surface area (Å²) in [5.74, 6) is -0.604. The number of hydrogen-bond acceptors (Lipinski definition) is 4. The third-order valence-electron chi connectivity index (χ3n) is 4.86. The Bertz CT molecular complexity index is 647. The second kappa shape index (κ2) is 7.81. The highest BCUT2D eigenvalue weighted by molar-refractivity contribution is 5.85. The Labute approximate surface area is 149 Å². The van der Waals surface area contributed by atoms with E-state index >= 15 is 0 Å². The summed E-state index contributed by atoms with van der Waals surface area (Å²) in [6.45, 7) is 4.80. The van der Waals surface area contributed by atoms with Gasteiger partial charge in [0, 0.05) is 6.54 Å². The summed E-state index contributed by atoms with van der Waals surface area (Å²) in [5, 5.41) is 11.4. The van der Waals surface area contributed by atoms with E-state index in [1.54, 1.807) is 24.3 Å². The Morgan fingerprint density at radius 1 is 1.12 bits per heavy atom. The maximum atomic E-state index is 13.0. The van der Waals surface area contributed by atoms with Crippen LogP contribution < -0.4 is 0 Å². The van der Waals surface area contributed by atoms with Gasteiger partial charge in [0.2, 0.25) is 5.60 Å². The van der Waals surface area contributed by atoms with Gasteiger partial charge in [0.25, 0.3) is 0 Å². The molecule has 1 heterocycles. The zero-order valence-electron chi connectivity index (χ0n) is 14.6. The number of hydrogen-bond donors (Lipinski definition) is 1. The number of carbonyl (C=O) groups is 1. The monoisotopic (exact) mass is 339 g/mol. The number of esters is 1. The normalized spacial score (nSPS) is 18.7. The van der Waals surface area contributed by atoms with Gasteiger partial charge in [0.15, 0.2) is 0 Å². The van der Waals surface area contributed by atoms with E-state index < -0.39 is 11.6 Å². The van der Waals surface area contributed by atoms with Crippen LogP contribution in [0.5, 0.6) is 0 Å². The van der Waals surface area contributed by atoms with Crippen molar-refractivity contribution >= 4 is 5.97 Å². The molecule has 2 aromatic rings.